The first-order valence-electron chi connectivity index (χ1n) is 9.03. The summed E-state index contributed by atoms with van der Waals surface area (Å²) < 4.78 is 7.16. The van der Waals surface area contributed by atoms with Crippen LogP contribution in [-0.2, 0) is 0 Å². The van der Waals surface area contributed by atoms with Gasteiger partial charge in [-0.15, -0.1) is 10.2 Å². The average Bonchev–Trinajstić information content (AvgIpc) is 3.23. The van der Waals surface area contributed by atoms with Crippen LogP contribution in [0.15, 0.2) is 42.7 Å². The second-order valence-electron chi connectivity index (χ2n) is 6.51. The second kappa shape index (κ2) is 8.51. The van der Waals surface area contributed by atoms with Crippen molar-refractivity contribution in [3.8, 4) is 17.3 Å². The number of benzene rings is 1. The number of amides is 2. The molecule has 9 nitrogen and oxygen atoms in total. The van der Waals surface area contributed by atoms with Gasteiger partial charge in [0.1, 0.15) is 23.6 Å². The predicted molar refractivity (Wildman–Crippen MR) is 108 cm³/mol. The highest BCUT2D eigenvalue weighted by Gasteiger charge is 2.17. The molecule has 0 bridgehead atoms. The zero-order chi connectivity index (χ0) is 21.0. The molecule has 1 aromatic carbocycles. The number of hydrogen-bond acceptors (Lipinski definition) is 6. The number of rotatable bonds is 6. The van der Waals surface area contributed by atoms with E-state index in [9.17, 15) is 9.59 Å². The van der Waals surface area contributed by atoms with Gasteiger partial charge in [0.25, 0.3) is 11.8 Å². The van der Waals surface area contributed by atoms with E-state index in [-0.39, 0.29) is 17.5 Å². The SMILES string of the molecule is CNC(=O)c1ccc(OC)c(C(=O)Nc2cccc(-c3nncn3C(C)C)n2)c1. The first-order valence-corrected chi connectivity index (χ1v) is 9.03. The van der Waals surface area contributed by atoms with Crippen LogP contribution in [0.5, 0.6) is 5.75 Å². The van der Waals surface area contributed by atoms with Crippen molar-refractivity contribution in [3.63, 3.8) is 0 Å². The molecule has 0 saturated carbocycles. The van der Waals surface area contributed by atoms with Crippen molar-refractivity contribution in [2.24, 2.45) is 0 Å². The highest BCUT2D eigenvalue weighted by atomic mass is 16.5. The fraction of sp³-hybridized carbons (Fsp3) is 0.250. The molecule has 0 aliphatic heterocycles. The number of pyridine rings is 1. The van der Waals surface area contributed by atoms with Gasteiger partial charge < -0.3 is 19.9 Å². The van der Waals surface area contributed by atoms with Gasteiger partial charge in [-0.2, -0.15) is 0 Å². The molecule has 150 valence electrons. The van der Waals surface area contributed by atoms with Crippen LogP contribution < -0.4 is 15.4 Å². The fourth-order valence-corrected chi connectivity index (χ4v) is 2.79. The molecule has 2 heterocycles. The molecule has 9 heteroatoms. The van der Waals surface area contributed by atoms with Crippen molar-refractivity contribution >= 4 is 17.6 Å². The Labute approximate surface area is 168 Å². The molecule has 2 N–H and O–H groups in total. The average molecular weight is 394 g/mol. The summed E-state index contributed by atoms with van der Waals surface area (Å²) in [6.07, 6.45) is 1.64. The van der Waals surface area contributed by atoms with Gasteiger partial charge in [-0.05, 0) is 44.2 Å². The smallest absolute Gasteiger partial charge is 0.260 e. The van der Waals surface area contributed by atoms with Gasteiger partial charge in [-0.3, -0.25) is 9.59 Å². The van der Waals surface area contributed by atoms with E-state index in [1.54, 1.807) is 36.7 Å². The summed E-state index contributed by atoms with van der Waals surface area (Å²) in [6.45, 7) is 4.04. The Kier molecular flexibility index (Phi) is 5.87. The van der Waals surface area contributed by atoms with Gasteiger partial charge in [0.2, 0.25) is 0 Å². The maximum absolute atomic E-state index is 12.8. The molecule has 0 aliphatic carbocycles. The van der Waals surface area contributed by atoms with Crippen LogP contribution in [0.2, 0.25) is 0 Å². The molecule has 0 atom stereocenters. The number of ether oxygens (including phenoxy) is 1. The third-order valence-electron chi connectivity index (χ3n) is 4.28. The van der Waals surface area contributed by atoms with Crippen LogP contribution in [0.25, 0.3) is 11.5 Å². The Morgan fingerprint density at radius 2 is 1.93 bits per heavy atom. The number of nitrogens with one attached hydrogen (secondary N) is 2. The molecular weight excluding hydrogens is 372 g/mol. The number of hydrogen-bond donors (Lipinski definition) is 2. The summed E-state index contributed by atoms with van der Waals surface area (Å²) >= 11 is 0. The Morgan fingerprint density at radius 3 is 2.62 bits per heavy atom. The third kappa shape index (κ3) is 4.23. The minimum absolute atomic E-state index is 0.164. The van der Waals surface area contributed by atoms with E-state index >= 15 is 0 Å². The molecule has 2 aromatic heterocycles. The molecule has 0 fully saturated rings. The molecule has 0 saturated heterocycles. The normalized spacial score (nSPS) is 10.7. The van der Waals surface area contributed by atoms with E-state index in [1.165, 1.54) is 20.2 Å². The predicted octanol–water partition coefficient (Wildman–Crippen LogP) is 2.54. The first kappa shape index (κ1) is 20.0. The number of methoxy groups -OCH3 is 1. The lowest BCUT2D eigenvalue weighted by atomic mass is 10.1. The molecule has 0 radical (unpaired) electrons. The largest absolute Gasteiger partial charge is 0.496 e. The van der Waals surface area contributed by atoms with Crippen LogP contribution >= 0.6 is 0 Å². The lowest BCUT2D eigenvalue weighted by molar-refractivity contribution is 0.0963. The van der Waals surface area contributed by atoms with Crippen LogP contribution in [0.3, 0.4) is 0 Å². The highest BCUT2D eigenvalue weighted by Crippen LogP contribution is 2.23. The first-order chi connectivity index (χ1) is 13.9. The number of anilines is 1. The Balaban J connectivity index is 1.90. The number of carbonyl (C=O) groups is 2. The van der Waals surface area contributed by atoms with Gasteiger partial charge in [-0.1, -0.05) is 6.07 Å². The van der Waals surface area contributed by atoms with E-state index < -0.39 is 5.91 Å². The number of carbonyl (C=O) groups excluding carboxylic acids is 2. The molecule has 0 aliphatic rings. The summed E-state index contributed by atoms with van der Waals surface area (Å²) in [7, 11) is 2.99. The summed E-state index contributed by atoms with van der Waals surface area (Å²) in [4.78, 5) is 29.2. The van der Waals surface area contributed by atoms with Gasteiger partial charge >= 0.3 is 0 Å². The Bertz CT molecular complexity index is 1040. The van der Waals surface area contributed by atoms with E-state index in [0.29, 0.717) is 28.6 Å². The monoisotopic (exact) mass is 394 g/mol. The zero-order valence-corrected chi connectivity index (χ0v) is 16.6. The zero-order valence-electron chi connectivity index (χ0n) is 16.6. The molecule has 0 spiro atoms. The van der Waals surface area contributed by atoms with Crippen LogP contribution in [0.4, 0.5) is 5.82 Å². The van der Waals surface area contributed by atoms with E-state index in [0.717, 1.165) is 0 Å². The summed E-state index contributed by atoms with van der Waals surface area (Å²) in [6, 6.07) is 10.1. The minimum Gasteiger partial charge on any atom is -0.496 e. The number of nitrogens with zero attached hydrogens (tertiary/aromatic N) is 4. The van der Waals surface area contributed by atoms with Gasteiger partial charge in [-0.25, -0.2) is 4.98 Å². The lowest BCUT2D eigenvalue weighted by Crippen LogP contribution is -2.20. The van der Waals surface area contributed by atoms with E-state index in [2.05, 4.69) is 25.8 Å². The maximum atomic E-state index is 12.8. The second-order valence-corrected chi connectivity index (χ2v) is 6.51. The molecule has 2 amide bonds. The topological polar surface area (TPSA) is 111 Å². The fourth-order valence-electron chi connectivity index (χ4n) is 2.79. The van der Waals surface area contributed by atoms with E-state index in [4.69, 9.17) is 4.74 Å². The van der Waals surface area contributed by atoms with Crippen molar-refractivity contribution < 1.29 is 14.3 Å². The Hall–Kier alpha value is -3.75. The molecule has 3 rings (SSSR count). The van der Waals surface area contributed by atoms with Gasteiger partial charge in [0.05, 0.1) is 12.7 Å². The van der Waals surface area contributed by atoms with Crippen molar-refractivity contribution in [1.82, 2.24) is 25.1 Å². The molecule has 29 heavy (non-hydrogen) atoms. The summed E-state index contributed by atoms with van der Waals surface area (Å²) in [5, 5.41) is 13.4. The molecule has 0 unspecified atom stereocenters. The van der Waals surface area contributed by atoms with Crippen LogP contribution in [-0.4, -0.2) is 45.7 Å². The van der Waals surface area contributed by atoms with Crippen LogP contribution in [0, 0.1) is 0 Å². The van der Waals surface area contributed by atoms with Gasteiger partial charge in [0.15, 0.2) is 5.82 Å². The van der Waals surface area contributed by atoms with Crippen LogP contribution in [0.1, 0.15) is 40.6 Å². The summed E-state index contributed by atoms with van der Waals surface area (Å²) in [5.41, 5.74) is 1.16. The highest BCUT2D eigenvalue weighted by molar-refractivity contribution is 6.07. The van der Waals surface area contributed by atoms with E-state index in [1.807, 2.05) is 18.4 Å². The standard InChI is InChI=1S/C20H22N6O3/c1-12(2)26-11-22-25-18(26)15-6-5-7-17(23-15)24-20(28)14-10-13(19(27)21-3)8-9-16(14)29-4/h5-12H,1-4H3,(H,21,27)(H,23,24,28). The van der Waals surface area contributed by atoms with Crippen molar-refractivity contribution in [2.45, 2.75) is 19.9 Å². The third-order valence-corrected chi connectivity index (χ3v) is 4.28. The molecule has 3 aromatic rings. The van der Waals surface area contributed by atoms with Gasteiger partial charge in [0, 0.05) is 18.7 Å². The number of aromatic nitrogens is 4. The van der Waals surface area contributed by atoms with Crippen molar-refractivity contribution in [2.75, 3.05) is 19.5 Å². The lowest BCUT2D eigenvalue weighted by Gasteiger charge is -2.12. The summed E-state index contributed by atoms with van der Waals surface area (Å²) in [5.74, 6) is 0.566. The Morgan fingerprint density at radius 1 is 1.14 bits per heavy atom. The molecular formula is C20H22N6O3. The maximum Gasteiger partial charge on any atom is 0.260 e. The van der Waals surface area contributed by atoms with Crippen molar-refractivity contribution in [1.29, 1.82) is 0 Å². The van der Waals surface area contributed by atoms with Crippen molar-refractivity contribution in [3.05, 3.63) is 53.9 Å². The minimum atomic E-state index is -0.442. The quantitative estimate of drug-likeness (QED) is 0.665.